The molecule has 0 spiro atoms. The van der Waals surface area contributed by atoms with Gasteiger partial charge in [-0.1, -0.05) is 0 Å². The molecule has 110 valence electrons. The molecule has 4 heteroatoms. The second-order valence-electron chi connectivity index (χ2n) is 7.40. The highest BCUT2D eigenvalue weighted by Gasteiger charge is 2.42. The quantitative estimate of drug-likeness (QED) is 0.733. The van der Waals surface area contributed by atoms with Crippen LogP contribution in [0.15, 0.2) is 0 Å². The maximum atomic E-state index is 11.5. The molecule has 0 aliphatic carbocycles. The zero-order valence-electron chi connectivity index (χ0n) is 12.7. The summed E-state index contributed by atoms with van der Waals surface area (Å²) in [5, 5.41) is 0. The Bertz CT molecular complexity index is 316. The van der Waals surface area contributed by atoms with E-state index in [0.29, 0.717) is 6.61 Å². The molecular weight excluding hydrogens is 242 g/mol. The molecule has 0 aromatic heterocycles. The highest BCUT2D eigenvalue weighted by molar-refractivity contribution is 5.60. The van der Waals surface area contributed by atoms with Crippen molar-refractivity contribution < 1.29 is 14.3 Å². The number of nitrogens with zero attached hydrogens (tertiary/aromatic N) is 1. The smallest absolute Gasteiger partial charge is 0.129 e. The molecule has 1 unspecified atom stereocenters. The SMILES string of the molecule is CC1(C)CN(CC2(C=O)CCCOC2)CC(C)(C)O1. The Hall–Kier alpha value is -0.450. The number of aldehydes is 1. The Morgan fingerprint density at radius 1 is 1.16 bits per heavy atom. The molecule has 2 fully saturated rings. The number of rotatable bonds is 3. The van der Waals surface area contributed by atoms with Gasteiger partial charge in [-0.05, 0) is 40.5 Å². The average molecular weight is 269 g/mol. The fourth-order valence-corrected chi connectivity index (χ4v) is 3.63. The summed E-state index contributed by atoms with van der Waals surface area (Å²) in [6, 6.07) is 0. The van der Waals surface area contributed by atoms with Gasteiger partial charge in [0.05, 0.1) is 23.2 Å². The molecule has 2 aliphatic heterocycles. The summed E-state index contributed by atoms with van der Waals surface area (Å²) in [5.41, 5.74) is -0.648. The van der Waals surface area contributed by atoms with Crippen molar-refractivity contribution in [1.29, 1.82) is 0 Å². The minimum atomic E-state index is -0.318. The summed E-state index contributed by atoms with van der Waals surface area (Å²) in [6.45, 7) is 12.3. The Morgan fingerprint density at radius 3 is 2.26 bits per heavy atom. The first-order valence-corrected chi connectivity index (χ1v) is 7.23. The summed E-state index contributed by atoms with van der Waals surface area (Å²) >= 11 is 0. The minimum absolute atomic E-state index is 0.165. The van der Waals surface area contributed by atoms with Crippen LogP contribution in [-0.2, 0) is 14.3 Å². The van der Waals surface area contributed by atoms with Gasteiger partial charge < -0.3 is 14.3 Å². The minimum Gasteiger partial charge on any atom is -0.380 e. The van der Waals surface area contributed by atoms with Crippen molar-refractivity contribution in [3.05, 3.63) is 0 Å². The van der Waals surface area contributed by atoms with Crippen LogP contribution in [0.4, 0.5) is 0 Å². The van der Waals surface area contributed by atoms with Gasteiger partial charge in [0.1, 0.15) is 6.29 Å². The number of morpholine rings is 1. The lowest BCUT2D eigenvalue weighted by molar-refractivity contribution is -0.188. The van der Waals surface area contributed by atoms with Gasteiger partial charge in [0.2, 0.25) is 0 Å². The van der Waals surface area contributed by atoms with E-state index in [1.165, 1.54) is 0 Å². The van der Waals surface area contributed by atoms with Gasteiger partial charge in [0, 0.05) is 26.2 Å². The molecule has 0 amide bonds. The van der Waals surface area contributed by atoms with Gasteiger partial charge in [-0.2, -0.15) is 0 Å². The lowest BCUT2D eigenvalue weighted by Crippen LogP contribution is -2.59. The first-order valence-electron chi connectivity index (χ1n) is 7.23. The second-order valence-corrected chi connectivity index (χ2v) is 7.40. The van der Waals surface area contributed by atoms with Crippen molar-refractivity contribution in [1.82, 2.24) is 4.90 Å². The summed E-state index contributed by atoms with van der Waals surface area (Å²) < 4.78 is 11.6. The molecule has 2 heterocycles. The Kier molecular flexibility index (Phi) is 4.05. The third-order valence-electron chi connectivity index (χ3n) is 3.90. The normalized spacial score (nSPS) is 34.9. The van der Waals surface area contributed by atoms with Crippen LogP contribution < -0.4 is 0 Å². The first-order chi connectivity index (χ1) is 8.76. The Labute approximate surface area is 116 Å². The lowest BCUT2D eigenvalue weighted by Gasteiger charge is -2.49. The van der Waals surface area contributed by atoms with Crippen LogP contribution in [0.2, 0.25) is 0 Å². The van der Waals surface area contributed by atoms with Gasteiger partial charge in [0.25, 0.3) is 0 Å². The van der Waals surface area contributed by atoms with Crippen molar-refractivity contribution in [2.45, 2.75) is 51.7 Å². The molecule has 1 atom stereocenters. The molecule has 0 saturated carbocycles. The number of hydrogen-bond acceptors (Lipinski definition) is 4. The van der Waals surface area contributed by atoms with Crippen molar-refractivity contribution in [2.24, 2.45) is 5.41 Å². The third kappa shape index (κ3) is 3.77. The molecule has 0 radical (unpaired) electrons. The largest absolute Gasteiger partial charge is 0.380 e. The summed E-state index contributed by atoms with van der Waals surface area (Å²) in [7, 11) is 0. The highest BCUT2D eigenvalue weighted by Crippen LogP contribution is 2.33. The topological polar surface area (TPSA) is 38.8 Å². The molecule has 0 aromatic carbocycles. The predicted molar refractivity (Wildman–Crippen MR) is 74.2 cm³/mol. The van der Waals surface area contributed by atoms with Gasteiger partial charge in [0.15, 0.2) is 0 Å². The number of carbonyl (C=O) groups excluding carboxylic acids is 1. The van der Waals surface area contributed by atoms with E-state index in [0.717, 1.165) is 45.4 Å². The zero-order chi connectivity index (χ0) is 14.1. The summed E-state index contributed by atoms with van der Waals surface area (Å²) in [5.74, 6) is 0. The van der Waals surface area contributed by atoms with E-state index in [9.17, 15) is 4.79 Å². The first kappa shape index (κ1) is 14.9. The van der Waals surface area contributed by atoms with Gasteiger partial charge in [-0.15, -0.1) is 0 Å². The van der Waals surface area contributed by atoms with Crippen LogP contribution in [0.3, 0.4) is 0 Å². The number of ether oxygens (including phenoxy) is 2. The van der Waals surface area contributed by atoms with E-state index in [-0.39, 0.29) is 16.6 Å². The standard InChI is InChI=1S/C15H27NO3/c1-13(2)8-16(9-14(3,4)19-13)10-15(11-17)6-5-7-18-12-15/h11H,5-10,12H2,1-4H3. The molecule has 0 aromatic rings. The monoisotopic (exact) mass is 269 g/mol. The zero-order valence-corrected chi connectivity index (χ0v) is 12.7. The molecule has 2 aliphatic rings. The van der Waals surface area contributed by atoms with Gasteiger partial charge in [-0.3, -0.25) is 4.90 Å². The van der Waals surface area contributed by atoms with Crippen LogP contribution in [0, 0.1) is 5.41 Å². The van der Waals surface area contributed by atoms with E-state index in [1.54, 1.807) is 0 Å². The van der Waals surface area contributed by atoms with Crippen LogP contribution in [0.5, 0.6) is 0 Å². The Morgan fingerprint density at radius 2 is 1.79 bits per heavy atom. The molecule has 2 saturated heterocycles. The lowest BCUT2D eigenvalue weighted by atomic mass is 9.82. The number of hydrogen-bond donors (Lipinski definition) is 0. The van der Waals surface area contributed by atoms with Gasteiger partial charge >= 0.3 is 0 Å². The van der Waals surface area contributed by atoms with Crippen LogP contribution in [-0.4, -0.2) is 55.2 Å². The van der Waals surface area contributed by atoms with Crippen LogP contribution in [0.1, 0.15) is 40.5 Å². The fraction of sp³-hybridized carbons (Fsp3) is 0.933. The Balaban J connectivity index is 2.06. The van der Waals surface area contributed by atoms with E-state index in [4.69, 9.17) is 9.47 Å². The van der Waals surface area contributed by atoms with Crippen LogP contribution in [0.25, 0.3) is 0 Å². The maximum absolute atomic E-state index is 11.5. The number of carbonyl (C=O) groups is 1. The molecule has 0 bridgehead atoms. The maximum Gasteiger partial charge on any atom is 0.129 e. The van der Waals surface area contributed by atoms with E-state index in [1.807, 2.05) is 0 Å². The van der Waals surface area contributed by atoms with Gasteiger partial charge in [-0.25, -0.2) is 0 Å². The van der Waals surface area contributed by atoms with E-state index in [2.05, 4.69) is 32.6 Å². The van der Waals surface area contributed by atoms with Crippen molar-refractivity contribution in [2.75, 3.05) is 32.8 Å². The molecule has 19 heavy (non-hydrogen) atoms. The van der Waals surface area contributed by atoms with Crippen molar-refractivity contribution in [3.8, 4) is 0 Å². The van der Waals surface area contributed by atoms with Crippen molar-refractivity contribution in [3.63, 3.8) is 0 Å². The molecule has 0 N–H and O–H groups in total. The van der Waals surface area contributed by atoms with E-state index >= 15 is 0 Å². The molecule has 2 rings (SSSR count). The molecule has 4 nitrogen and oxygen atoms in total. The second kappa shape index (κ2) is 5.15. The summed E-state index contributed by atoms with van der Waals surface area (Å²) in [6.07, 6.45) is 3.03. The fourth-order valence-electron chi connectivity index (χ4n) is 3.63. The van der Waals surface area contributed by atoms with E-state index < -0.39 is 0 Å². The predicted octanol–water partition coefficient (Wildman–Crippen LogP) is 1.87. The van der Waals surface area contributed by atoms with Crippen molar-refractivity contribution >= 4 is 6.29 Å². The third-order valence-corrected chi connectivity index (χ3v) is 3.90. The molecular formula is C15H27NO3. The average Bonchev–Trinajstić information content (AvgIpc) is 2.25. The summed E-state index contributed by atoms with van der Waals surface area (Å²) in [4.78, 5) is 13.9. The van der Waals surface area contributed by atoms with Crippen LogP contribution >= 0.6 is 0 Å². The highest BCUT2D eigenvalue weighted by atomic mass is 16.5.